The van der Waals surface area contributed by atoms with Crippen molar-refractivity contribution in [3.05, 3.63) is 65.5 Å². The van der Waals surface area contributed by atoms with E-state index >= 15 is 0 Å². The molecule has 0 aliphatic heterocycles. The van der Waals surface area contributed by atoms with Gasteiger partial charge in [0.2, 0.25) is 5.62 Å². The standard InChI is InChI=1S/C17H16FN3O/c1-2-20-14-5-3-4-6-15(14)21(17(20)19)11-16(22)12-7-9-13(18)10-8-12/h3-10,19H,2,11H2,1H3. The maximum atomic E-state index is 12.9. The van der Waals surface area contributed by atoms with Crippen molar-refractivity contribution in [2.24, 2.45) is 0 Å². The molecule has 1 aromatic heterocycles. The fourth-order valence-corrected chi connectivity index (χ4v) is 2.65. The van der Waals surface area contributed by atoms with E-state index in [1.807, 2.05) is 35.8 Å². The van der Waals surface area contributed by atoms with E-state index in [0.717, 1.165) is 11.0 Å². The second kappa shape index (κ2) is 5.60. The summed E-state index contributed by atoms with van der Waals surface area (Å²) in [5.74, 6) is -0.509. The Kier molecular flexibility index (Phi) is 3.63. The third kappa shape index (κ3) is 2.35. The van der Waals surface area contributed by atoms with Gasteiger partial charge in [-0.05, 0) is 43.3 Å². The molecule has 0 fully saturated rings. The molecule has 0 unspecified atom stereocenters. The maximum absolute atomic E-state index is 12.9. The van der Waals surface area contributed by atoms with Crippen molar-refractivity contribution in [1.82, 2.24) is 9.13 Å². The minimum absolute atomic E-state index is 0.0674. The van der Waals surface area contributed by atoms with Gasteiger partial charge in [0.25, 0.3) is 0 Å². The molecular weight excluding hydrogens is 281 g/mol. The molecule has 0 aliphatic rings. The van der Waals surface area contributed by atoms with Crippen LogP contribution in [0.5, 0.6) is 0 Å². The van der Waals surface area contributed by atoms with Gasteiger partial charge in [0.05, 0.1) is 17.6 Å². The molecule has 0 spiro atoms. The second-order valence-corrected chi connectivity index (χ2v) is 5.07. The van der Waals surface area contributed by atoms with Crippen molar-refractivity contribution in [1.29, 1.82) is 5.41 Å². The first-order valence-corrected chi connectivity index (χ1v) is 7.13. The summed E-state index contributed by atoms with van der Waals surface area (Å²) in [4.78, 5) is 12.4. The molecular formula is C17H16FN3O. The number of para-hydroxylation sites is 2. The Hall–Kier alpha value is -2.69. The van der Waals surface area contributed by atoms with Crippen molar-refractivity contribution in [2.75, 3.05) is 0 Å². The zero-order chi connectivity index (χ0) is 15.7. The second-order valence-electron chi connectivity index (χ2n) is 5.07. The van der Waals surface area contributed by atoms with Crippen LogP contribution >= 0.6 is 0 Å². The normalized spacial score (nSPS) is 11.0. The zero-order valence-electron chi connectivity index (χ0n) is 12.2. The topological polar surface area (TPSA) is 50.8 Å². The monoisotopic (exact) mass is 297 g/mol. The predicted molar refractivity (Wildman–Crippen MR) is 82.2 cm³/mol. The van der Waals surface area contributed by atoms with Crippen LogP contribution in [0.2, 0.25) is 0 Å². The Morgan fingerprint density at radius 3 is 2.23 bits per heavy atom. The number of rotatable bonds is 4. The summed E-state index contributed by atoms with van der Waals surface area (Å²) in [7, 11) is 0. The molecule has 4 nitrogen and oxygen atoms in total. The average molecular weight is 297 g/mol. The summed E-state index contributed by atoms with van der Waals surface area (Å²) in [5, 5.41) is 8.28. The third-order valence-electron chi connectivity index (χ3n) is 3.76. The fraction of sp³-hybridized carbons (Fsp3) is 0.176. The molecule has 1 N–H and O–H groups in total. The van der Waals surface area contributed by atoms with Crippen LogP contribution in [0.1, 0.15) is 17.3 Å². The number of ketones is 1. The van der Waals surface area contributed by atoms with E-state index < -0.39 is 0 Å². The van der Waals surface area contributed by atoms with Gasteiger partial charge in [-0.15, -0.1) is 0 Å². The van der Waals surface area contributed by atoms with Gasteiger partial charge in [0, 0.05) is 12.1 Å². The summed E-state index contributed by atoms with van der Waals surface area (Å²) < 4.78 is 16.5. The van der Waals surface area contributed by atoms with Crippen molar-refractivity contribution in [3.63, 3.8) is 0 Å². The van der Waals surface area contributed by atoms with Crippen LogP contribution < -0.4 is 5.62 Å². The van der Waals surface area contributed by atoms with Crippen LogP contribution in [-0.2, 0) is 13.1 Å². The summed E-state index contributed by atoms with van der Waals surface area (Å²) in [6.07, 6.45) is 0. The SMILES string of the molecule is CCn1c(=N)n(CC(=O)c2ccc(F)cc2)c2ccccc21. The Morgan fingerprint density at radius 1 is 1.05 bits per heavy atom. The van der Waals surface area contributed by atoms with Crippen molar-refractivity contribution in [3.8, 4) is 0 Å². The number of benzene rings is 2. The molecule has 0 amide bonds. The third-order valence-corrected chi connectivity index (χ3v) is 3.76. The molecule has 5 heteroatoms. The molecule has 0 saturated heterocycles. The highest BCUT2D eigenvalue weighted by atomic mass is 19.1. The van der Waals surface area contributed by atoms with E-state index in [1.165, 1.54) is 24.3 Å². The van der Waals surface area contributed by atoms with E-state index in [4.69, 9.17) is 5.41 Å². The number of carbonyl (C=O) groups is 1. The molecule has 2 aromatic carbocycles. The predicted octanol–water partition coefficient (Wildman–Crippen LogP) is 2.96. The Bertz CT molecular complexity index is 890. The number of imidazole rings is 1. The Balaban J connectivity index is 2.04. The number of Topliss-reactive ketones (excluding diaryl/α,β-unsaturated/α-hetero) is 1. The summed E-state index contributed by atoms with van der Waals surface area (Å²) in [5.41, 5.74) is 2.52. The van der Waals surface area contributed by atoms with Gasteiger partial charge >= 0.3 is 0 Å². The van der Waals surface area contributed by atoms with Gasteiger partial charge in [-0.2, -0.15) is 0 Å². The first-order valence-electron chi connectivity index (χ1n) is 7.13. The Morgan fingerprint density at radius 2 is 1.64 bits per heavy atom. The van der Waals surface area contributed by atoms with E-state index in [9.17, 15) is 9.18 Å². The van der Waals surface area contributed by atoms with Crippen LogP contribution in [0.4, 0.5) is 4.39 Å². The number of nitrogens with one attached hydrogen (secondary N) is 1. The van der Waals surface area contributed by atoms with Crippen LogP contribution in [0.15, 0.2) is 48.5 Å². The minimum atomic E-state index is -0.368. The largest absolute Gasteiger partial charge is 0.311 e. The van der Waals surface area contributed by atoms with Gasteiger partial charge in [-0.25, -0.2) is 4.39 Å². The first-order chi connectivity index (χ1) is 10.6. The number of hydrogen-bond acceptors (Lipinski definition) is 2. The lowest BCUT2D eigenvalue weighted by Gasteiger charge is -2.04. The van der Waals surface area contributed by atoms with Crippen molar-refractivity contribution >= 4 is 16.8 Å². The highest BCUT2D eigenvalue weighted by molar-refractivity contribution is 5.96. The summed E-state index contributed by atoms with van der Waals surface area (Å²) in [6.45, 7) is 2.70. The molecule has 0 atom stereocenters. The fourth-order valence-electron chi connectivity index (χ4n) is 2.65. The number of nitrogens with zero attached hydrogens (tertiary/aromatic N) is 2. The van der Waals surface area contributed by atoms with Crippen LogP contribution in [0, 0.1) is 11.2 Å². The average Bonchev–Trinajstić information content (AvgIpc) is 2.80. The lowest BCUT2D eigenvalue weighted by Crippen LogP contribution is -2.27. The van der Waals surface area contributed by atoms with E-state index in [-0.39, 0.29) is 18.1 Å². The molecule has 0 aliphatic carbocycles. The number of aromatic nitrogens is 2. The molecule has 3 aromatic rings. The molecule has 0 radical (unpaired) electrons. The van der Waals surface area contributed by atoms with Crippen LogP contribution in [0.3, 0.4) is 0 Å². The highest BCUT2D eigenvalue weighted by Crippen LogP contribution is 2.14. The van der Waals surface area contributed by atoms with Gasteiger partial charge in [-0.3, -0.25) is 10.2 Å². The quantitative estimate of drug-likeness (QED) is 0.740. The number of hydrogen-bond donors (Lipinski definition) is 1. The number of fused-ring (bicyclic) bond motifs is 1. The Labute approximate surface area is 126 Å². The first kappa shape index (κ1) is 14.3. The molecule has 3 rings (SSSR count). The number of halogens is 1. The molecule has 22 heavy (non-hydrogen) atoms. The smallest absolute Gasteiger partial charge is 0.203 e. The van der Waals surface area contributed by atoms with Gasteiger partial charge < -0.3 is 9.13 Å². The molecule has 0 saturated carbocycles. The number of aryl methyl sites for hydroxylation is 1. The lowest BCUT2D eigenvalue weighted by atomic mass is 10.1. The van der Waals surface area contributed by atoms with Crippen LogP contribution in [0.25, 0.3) is 11.0 Å². The zero-order valence-corrected chi connectivity index (χ0v) is 12.2. The summed E-state index contributed by atoms with van der Waals surface area (Å²) in [6, 6.07) is 13.1. The van der Waals surface area contributed by atoms with E-state index in [0.29, 0.717) is 17.7 Å². The van der Waals surface area contributed by atoms with Crippen LogP contribution in [-0.4, -0.2) is 14.9 Å². The molecule has 0 bridgehead atoms. The lowest BCUT2D eigenvalue weighted by molar-refractivity contribution is 0.0971. The maximum Gasteiger partial charge on any atom is 0.203 e. The van der Waals surface area contributed by atoms with Gasteiger partial charge in [-0.1, -0.05) is 12.1 Å². The summed E-state index contributed by atoms with van der Waals surface area (Å²) >= 11 is 0. The van der Waals surface area contributed by atoms with E-state index in [2.05, 4.69) is 0 Å². The number of carbonyl (C=O) groups excluding carboxylic acids is 1. The molecule has 112 valence electrons. The van der Waals surface area contributed by atoms with Gasteiger partial charge in [0.15, 0.2) is 5.78 Å². The van der Waals surface area contributed by atoms with E-state index in [1.54, 1.807) is 4.57 Å². The van der Waals surface area contributed by atoms with Gasteiger partial charge in [0.1, 0.15) is 5.82 Å². The highest BCUT2D eigenvalue weighted by Gasteiger charge is 2.13. The van der Waals surface area contributed by atoms with Crippen molar-refractivity contribution < 1.29 is 9.18 Å². The van der Waals surface area contributed by atoms with Crippen molar-refractivity contribution in [2.45, 2.75) is 20.0 Å². The minimum Gasteiger partial charge on any atom is -0.311 e. The molecule has 1 heterocycles.